The zero-order valence-corrected chi connectivity index (χ0v) is 41.5. The molecule has 0 radical (unpaired) electrons. The summed E-state index contributed by atoms with van der Waals surface area (Å²) in [5.74, 6) is -3.03. The van der Waals surface area contributed by atoms with Gasteiger partial charge in [0.25, 0.3) is 5.91 Å². The molecule has 0 aliphatic rings. The van der Waals surface area contributed by atoms with Crippen LogP contribution in [0.5, 0.6) is 0 Å². The predicted molar refractivity (Wildman–Crippen MR) is 262 cm³/mol. The summed E-state index contributed by atoms with van der Waals surface area (Å²) in [6, 6.07) is 4.99. The molecule has 65 heavy (non-hydrogen) atoms. The number of carboxylic acid groups (broad SMARTS) is 2. The van der Waals surface area contributed by atoms with Gasteiger partial charge >= 0.3 is 23.9 Å². The van der Waals surface area contributed by atoms with Crippen molar-refractivity contribution in [2.45, 2.75) is 245 Å². The van der Waals surface area contributed by atoms with E-state index in [2.05, 4.69) is 24.5 Å². The molecule has 0 bridgehead atoms. The molecule has 4 N–H and O–H groups in total. The van der Waals surface area contributed by atoms with Crippen LogP contribution in [0.3, 0.4) is 0 Å². The number of hydrogen-bond acceptors (Lipinski definition) is 9. The van der Waals surface area contributed by atoms with Gasteiger partial charge in [0.15, 0.2) is 0 Å². The number of nitrogens with one attached hydrogen (secondary N) is 2. The summed E-state index contributed by atoms with van der Waals surface area (Å²) in [6.45, 7) is 6.49. The van der Waals surface area contributed by atoms with Crippen LogP contribution in [0.25, 0.3) is 0 Å². The van der Waals surface area contributed by atoms with Crippen LogP contribution in [0.15, 0.2) is 24.3 Å². The molecule has 1 aromatic carbocycles. The molecule has 3 unspecified atom stereocenters. The van der Waals surface area contributed by atoms with Crippen molar-refractivity contribution in [3.63, 3.8) is 0 Å². The SMILES string of the molecule is CCCCCCCCCCCCCCCC(=O)OC(C)C(CSCCC(=O)NCc1ccc(C(=O)NC(CCC(=O)O)C(=O)O)cc1)OC(=O)CCCCCCCCCCCCCCC. The summed E-state index contributed by atoms with van der Waals surface area (Å²) in [4.78, 5) is 73.4. The molecule has 0 saturated heterocycles. The predicted octanol–water partition coefficient (Wildman–Crippen LogP) is 12.3. The third-order valence-corrected chi connectivity index (χ3v) is 12.9. The maximum Gasteiger partial charge on any atom is 0.326 e. The van der Waals surface area contributed by atoms with Gasteiger partial charge in [-0.05, 0) is 43.9 Å². The van der Waals surface area contributed by atoms with Crippen LogP contribution in [0.4, 0.5) is 0 Å². The first kappa shape index (κ1) is 59.4. The minimum absolute atomic E-state index is 0.185. The van der Waals surface area contributed by atoms with Crippen molar-refractivity contribution in [2.24, 2.45) is 0 Å². The Morgan fingerprint density at radius 3 is 1.43 bits per heavy atom. The lowest BCUT2D eigenvalue weighted by atomic mass is 10.0. The third-order valence-electron chi connectivity index (χ3n) is 11.8. The fourth-order valence-corrected chi connectivity index (χ4v) is 8.67. The van der Waals surface area contributed by atoms with Crippen molar-refractivity contribution in [3.8, 4) is 0 Å². The summed E-state index contributed by atoms with van der Waals surface area (Å²) in [7, 11) is 0. The van der Waals surface area contributed by atoms with Gasteiger partial charge in [0.1, 0.15) is 18.2 Å². The Kier molecular flexibility index (Phi) is 37.1. The Morgan fingerprint density at radius 1 is 0.569 bits per heavy atom. The van der Waals surface area contributed by atoms with Gasteiger partial charge in [-0.25, -0.2) is 4.79 Å². The number of carbonyl (C=O) groups excluding carboxylic acids is 4. The number of ether oxygens (including phenoxy) is 2. The molecule has 0 spiro atoms. The molecule has 372 valence electrons. The van der Waals surface area contributed by atoms with Crippen molar-refractivity contribution < 1.29 is 48.5 Å². The van der Waals surface area contributed by atoms with Crippen molar-refractivity contribution >= 4 is 47.5 Å². The van der Waals surface area contributed by atoms with Gasteiger partial charge in [0.2, 0.25) is 5.91 Å². The number of carbonyl (C=O) groups is 6. The molecule has 0 heterocycles. The number of amides is 2. The number of aliphatic carboxylic acids is 2. The van der Waals surface area contributed by atoms with Gasteiger partial charge in [-0.15, -0.1) is 0 Å². The van der Waals surface area contributed by atoms with E-state index >= 15 is 0 Å². The standard InChI is InChI=1S/C52H88N2O10S/c1-4-6-8-10-12-14-16-18-20-22-24-26-28-30-49(58)63-42(3)46(64-50(59)31-29-27-25-23-21-19-17-15-13-11-9-7-5-2)41-65-39-38-47(55)53-40-43-32-34-44(35-33-43)51(60)54-45(52(61)62)36-37-48(56)57/h32-35,42,45-46H,4-31,36-41H2,1-3H3,(H,53,55)(H,54,60)(H,56,57)(H,61,62). The van der Waals surface area contributed by atoms with Gasteiger partial charge in [0, 0.05) is 49.3 Å². The van der Waals surface area contributed by atoms with Crippen LogP contribution in [-0.2, 0) is 40.0 Å². The number of rotatable bonds is 44. The fourth-order valence-electron chi connectivity index (χ4n) is 7.60. The van der Waals surface area contributed by atoms with Crippen LogP contribution in [-0.4, -0.2) is 75.7 Å². The average Bonchev–Trinajstić information content (AvgIpc) is 3.28. The van der Waals surface area contributed by atoms with E-state index < -0.39 is 42.5 Å². The maximum absolute atomic E-state index is 13.0. The molecule has 12 nitrogen and oxygen atoms in total. The first-order chi connectivity index (χ1) is 31.5. The molecule has 2 amide bonds. The second-order valence-electron chi connectivity index (χ2n) is 17.8. The molecular formula is C52H88N2O10S. The van der Waals surface area contributed by atoms with Gasteiger partial charge in [-0.1, -0.05) is 180 Å². The van der Waals surface area contributed by atoms with E-state index in [0.717, 1.165) is 44.1 Å². The molecule has 0 aromatic heterocycles. The lowest BCUT2D eigenvalue weighted by Crippen LogP contribution is -2.41. The van der Waals surface area contributed by atoms with Crippen LogP contribution in [0, 0.1) is 0 Å². The molecule has 0 aliphatic carbocycles. The monoisotopic (exact) mass is 933 g/mol. The summed E-state index contributed by atoms with van der Waals surface area (Å²) < 4.78 is 11.7. The summed E-state index contributed by atoms with van der Waals surface area (Å²) in [5.41, 5.74) is 0.935. The zero-order valence-electron chi connectivity index (χ0n) is 40.7. The number of hydrogen-bond donors (Lipinski definition) is 4. The van der Waals surface area contributed by atoms with Gasteiger partial charge in [-0.2, -0.15) is 11.8 Å². The van der Waals surface area contributed by atoms with E-state index in [9.17, 15) is 33.9 Å². The number of thioether (sulfide) groups is 1. The Balaban J connectivity index is 2.52. The second-order valence-corrected chi connectivity index (χ2v) is 19.0. The summed E-state index contributed by atoms with van der Waals surface area (Å²) in [6.07, 6.45) is 30.8. The van der Waals surface area contributed by atoms with E-state index in [-0.39, 0.29) is 42.8 Å². The molecule has 3 atom stereocenters. The van der Waals surface area contributed by atoms with Crippen molar-refractivity contribution in [1.82, 2.24) is 10.6 Å². The van der Waals surface area contributed by atoms with Crippen molar-refractivity contribution in [3.05, 3.63) is 35.4 Å². The quantitative estimate of drug-likeness (QED) is 0.0360. The van der Waals surface area contributed by atoms with Crippen LogP contribution in [0.1, 0.15) is 236 Å². The van der Waals surface area contributed by atoms with Crippen LogP contribution in [0.2, 0.25) is 0 Å². The first-order valence-electron chi connectivity index (χ1n) is 25.5. The highest BCUT2D eigenvalue weighted by atomic mass is 32.2. The largest absolute Gasteiger partial charge is 0.481 e. The summed E-state index contributed by atoms with van der Waals surface area (Å²) in [5, 5.41) is 23.4. The van der Waals surface area contributed by atoms with Crippen molar-refractivity contribution in [2.75, 3.05) is 11.5 Å². The van der Waals surface area contributed by atoms with Crippen LogP contribution < -0.4 is 10.6 Å². The number of benzene rings is 1. The highest BCUT2D eigenvalue weighted by molar-refractivity contribution is 7.99. The second kappa shape index (κ2) is 40.6. The van der Waals surface area contributed by atoms with E-state index in [1.807, 2.05) is 0 Å². The minimum atomic E-state index is -1.33. The van der Waals surface area contributed by atoms with Gasteiger partial charge < -0.3 is 30.3 Å². The Hall–Kier alpha value is -3.61. The topological polar surface area (TPSA) is 185 Å². The lowest BCUT2D eigenvalue weighted by Gasteiger charge is -2.24. The number of carboxylic acids is 2. The molecule has 1 aromatic rings. The highest BCUT2D eigenvalue weighted by Crippen LogP contribution is 2.19. The van der Waals surface area contributed by atoms with Crippen molar-refractivity contribution in [1.29, 1.82) is 0 Å². The molecule has 0 fully saturated rings. The minimum Gasteiger partial charge on any atom is -0.481 e. The Morgan fingerprint density at radius 2 is 1.00 bits per heavy atom. The molecule has 1 rings (SSSR count). The number of unbranched alkanes of at least 4 members (excludes halogenated alkanes) is 24. The van der Waals surface area contributed by atoms with Gasteiger partial charge in [-0.3, -0.25) is 24.0 Å². The molecule has 0 aliphatic heterocycles. The number of esters is 2. The zero-order chi connectivity index (χ0) is 47.8. The fraction of sp³-hybridized carbons (Fsp3) is 0.769. The molecule has 13 heteroatoms. The van der Waals surface area contributed by atoms with E-state index in [0.29, 0.717) is 24.3 Å². The third kappa shape index (κ3) is 34.4. The normalized spacial score (nSPS) is 12.5. The summed E-state index contributed by atoms with van der Waals surface area (Å²) >= 11 is 1.46. The van der Waals surface area contributed by atoms with Gasteiger partial charge in [0.05, 0.1) is 0 Å². The lowest BCUT2D eigenvalue weighted by molar-refractivity contribution is -0.165. The average molecular weight is 933 g/mol. The van der Waals surface area contributed by atoms with E-state index in [4.69, 9.17) is 14.6 Å². The Bertz CT molecular complexity index is 1420. The highest BCUT2D eigenvalue weighted by Gasteiger charge is 2.25. The van der Waals surface area contributed by atoms with E-state index in [1.165, 1.54) is 152 Å². The smallest absolute Gasteiger partial charge is 0.326 e. The molecular weight excluding hydrogens is 845 g/mol. The first-order valence-corrected chi connectivity index (χ1v) is 26.7. The van der Waals surface area contributed by atoms with E-state index in [1.54, 1.807) is 19.1 Å². The van der Waals surface area contributed by atoms with Crippen LogP contribution >= 0.6 is 11.8 Å². The Labute approximate surface area is 396 Å². The molecule has 0 saturated carbocycles. The maximum atomic E-state index is 13.0.